The van der Waals surface area contributed by atoms with Crippen LogP contribution >= 0.6 is 0 Å². The van der Waals surface area contributed by atoms with Gasteiger partial charge >= 0.3 is 0 Å². The summed E-state index contributed by atoms with van der Waals surface area (Å²) in [6, 6.07) is 29.6. The summed E-state index contributed by atoms with van der Waals surface area (Å²) in [5, 5.41) is 0. The molecule has 2 atom stereocenters. The van der Waals surface area contributed by atoms with Gasteiger partial charge in [-0.15, -0.1) is 0 Å². The average Bonchev–Trinajstić information content (AvgIpc) is 3.31. The van der Waals surface area contributed by atoms with Crippen LogP contribution in [0.3, 0.4) is 0 Å². The molecule has 6 heteroatoms. The van der Waals surface area contributed by atoms with Gasteiger partial charge < -0.3 is 4.55 Å². The minimum atomic E-state index is -4.33. The van der Waals surface area contributed by atoms with E-state index in [1.165, 1.54) is 64.3 Å². The maximum atomic E-state index is 11.8. The number of benzene rings is 3. The SMILES string of the molecule is CC1(C)C2CCC1(CS(=O)(=O)[O-])C(=O)C2.CCCCc1ccc([S+](c2ccccc2)c2ccc(CCCC)cc2)cc1. The van der Waals surface area contributed by atoms with Gasteiger partial charge in [0.15, 0.2) is 14.7 Å². The number of Topliss-reactive ketones (excluding diaryl/α,β-unsaturated/α-hetero) is 1. The molecule has 0 heterocycles. The molecule has 2 aliphatic rings. The molecule has 0 radical (unpaired) electrons. The molecule has 42 heavy (non-hydrogen) atoms. The summed E-state index contributed by atoms with van der Waals surface area (Å²) in [7, 11) is -4.37. The van der Waals surface area contributed by atoms with Crippen molar-refractivity contribution < 1.29 is 17.8 Å². The number of fused-ring (bicyclic) bond motifs is 2. The highest BCUT2D eigenvalue weighted by Gasteiger charge is 2.64. The topological polar surface area (TPSA) is 74.3 Å². The summed E-state index contributed by atoms with van der Waals surface area (Å²) in [5.41, 5.74) is 1.68. The van der Waals surface area contributed by atoms with E-state index in [2.05, 4.69) is 92.7 Å². The molecule has 3 aromatic rings. The van der Waals surface area contributed by atoms with E-state index in [9.17, 15) is 17.8 Å². The number of carbonyl (C=O) groups is 1. The van der Waals surface area contributed by atoms with Crippen LogP contribution in [0.4, 0.5) is 0 Å². The third kappa shape index (κ3) is 7.38. The summed E-state index contributed by atoms with van der Waals surface area (Å²) in [6.07, 6.45) is 9.28. The van der Waals surface area contributed by atoms with Crippen LogP contribution in [0.15, 0.2) is 93.5 Å². The zero-order valence-electron chi connectivity index (χ0n) is 25.6. The summed E-state index contributed by atoms with van der Waals surface area (Å²) in [4.78, 5) is 16.0. The van der Waals surface area contributed by atoms with Crippen molar-refractivity contribution in [2.75, 3.05) is 5.75 Å². The second-order valence-electron chi connectivity index (χ2n) is 12.5. The van der Waals surface area contributed by atoms with Gasteiger partial charge in [0, 0.05) is 11.8 Å². The maximum Gasteiger partial charge on any atom is 0.166 e. The lowest BCUT2D eigenvalue weighted by Crippen LogP contribution is -2.42. The number of aryl methyl sites for hydroxylation is 2. The fraction of sp³-hybridized carbons (Fsp3) is 0.472. The molecule has 2 aliphatic carbocycles. The van der Waals surface area contributed by atoms with E-state index in [1.54, 1.807) is 0 Å². The molecule has 4 nitrogen and oxygen atoms in total. The van der Waals surface area contributed by atoms with Crippen molar-refractivity contribution in [2.24, 2.45) is 16.7 Å². The van der Waals surface area contributed by atoms with Crippen LogP contribution in [0.25, 0.3) is 0 Å². The lowest BCUT2D eigenvalue weighted by molar-refractivity contribution is -0.128. The highest BCUT2D eigenvalue weighted by atomic mass is 32.2. The third-order valence-corrected chi connectivity index (χ3v) is 12.6. The van der Waals surface area contributed by atoms with Crippen molar-refractivity contribution in [3.8, 4) is 0 Å². The van der Waals surface area contributed by atoms with Crippen LogP contribution in [0.5, 0.6) is 0 Å². The Balaban J connectivity index is 0.000000227. The van der Waals surface area contributed by atoms with Crippen molar-refractivity contribution in [1.82, 2.24) is 0 Å². The molecule has 3 aromatic carbocycles. The molecule has 2 saturated carbocycles. The number of rotatable bonds is 11. The molecule has 2 unspecified atom stereocenters. The van der Waals surface area contributed by atoms with Gasteiger partial charge in [0.05, 0.1) is 26.8 Å². The van der Waals surface area contributed by atoms with Crippen molar-refractivity contribution >= 4 is 26.8 Å². The minimum Gasteiger partial charge on any atom is -0.748 e. The first-order valence-electron chi connectivity index (χ1n) is 15.4. The van der Waals surface area contributed by atoms with Crippen molar-refractivity contribution in [3.63, 3.8) is 0 Å². The molecule has 0 amide bonds. The smallest absolute Gasteiger partial charge is 0.166 e. The fourth-order valence-corrected chi connectivity index (χ4v) is 10.1. The van der Waals surface area contributed by atoms with E-state index in [0.29, 0.717) is 12.8 Å². The summed E-state index contributed by atoms with van der Waals surface area (Å²) in [5.74, 6) is -0.280. The number of carbonyl (C=O) groups excluding carboxylic acids is 1. The van der Waals surface area contributed by atoms with E-state index in [4.69, 9.17) is 0 Å². The second-order valence-corrected chi connectivity index (χ2v) is 15.9. The van der Waals surface area contributed by atoms with E-state index in [0.717, 1.165) is 6.42 Å². The average molecular weight is 607 g/mol. The lowest BCUT2D eigenvalue weighted by Gasteiger charge is -2.37. The summed E-state index contributed by atoms with van der Waals surface area (Å²) < 4.78 is 32.7. The van der Waals surface area contributed by atoms with Crippen LogP contribution in [-0.4, -0.2) is 24.5 Å². The molecule has 2 fully saturated rings. The number of unbranched alkanes of at least 4 members (excludes halogenated alkanes) is 2. The van der Waals surface area contributed by atoms with Crippen LogP contribution in [0, 0.1) is 16.7 Å². The summed E-state index contributed by atoms with van der Waals surface area (Å²) >= 11 is 0. The maximum absolute atomic E-state index is 11.8. The first-order valence-corrected chi connectivity index (χ1v) is 18.2. The first kappa shape index (κ1) is 32.5. The van der Waals surface area contributed by atoms with E-state index in [1.807, 2.05) is 13.8 Å². The molecule has 0 aromatic heterocycles. The Hall–Kier alpha value is -2.41. The molecule has 5 rings (SSSR count). The van der Waals surface area contributed by atoms with Gasteiger partial charge in [0.25, 0.3) is 0 Å². The van der Waals surface area contributed by atoms with Crippen molar-refractivity contribution in [1.29, 1.82) is 0 Å². The molecule has 0 spiro atoms. The highest BCUT2D eigenvalue weighted by Crippen LogP contribution is 2.64. The minimum absolute atomic E-state index is 0.0248. The van der Waals surface area contributed by atoms with E-state index < -0.39 is 21.3 Å². The van der Waals surface area contributed by atoms with E-state index in [-0.39, 0.29) is 28.0 Å². The lowest BCUT2D eigenvalue weighted by atomic mass is 9.70. The Bertz CT molecular complexity index is 1360. The van der Waals surface area contributed by atoms with Gasteiger partial charge in [-0.2, -0.15) is 0 Å². The summed E-state index contributed by atoms with van der Waals surface area (Å²) in [6.45, 7) is 8.35. The van der Waals surface area contributed by atoms with Crippen LogP contribution in [0.1, 0.15) is 83.8 Å². The van der Waals surface area contributed by atoms with Gasteiger partial charge in [-0.25, -0.2) is 8.42 Å². The highest BCUT2D eigenvalue weighted by molar-refractivity contribution is 7.97. The Morgan fingerprint density at radius 3 is 1.64 bits per heavy atom. The quantitative estimate of drug-likeness (QED) is 0.162. The Morgan fingerprint density at radius 2 is 1.26 bits per heavy atom. The normalized spacial score (nSPS) is 20.9. The zero-order chi connectivity index (χ0) is 30.4. The van der Waals surface area contributed by atoms with Crippen molar-refractivity contribution in [2.45, 2.75) is 100 Å². The molecule has 0 N–H and O–H groups in total. The zero-order valence-corrected chi connectivity index (χ0v) is 27.2. The van der Waals surface area contributed by atoms with Gasteiger partial charge in [-0.1, -0.05) is 83.0 Å². The largest absolute Gasteiger partial charge is 0.748 e. The van der Waals surface area contributed by atoms with Gasteiger partial charge in [0.1, 0.15) is 5.78 Å². The monoisotopic (exact) mass is 606 g/mol. The Morgan fingerprint density at radius 1 is 0.786 bits per heavy atom. The molecular formula is C36H46O4S2. The number of ketones is 1. The number of hydrogen-bond acceptors (Lipinski definition) is 4. The molecule has 0 aliphatic heterocycles. The van der Waals surface area contributed by atoms with E-state index >= 15 is 0 Å². The number of hydrogen-bond donors (Lipinski definition) is 0. The second kappa shape index (κ2) is 13.9. The molecule has 2 bridgehead atoms. The Labute approximate surface area is 256 Å². The standard InChI is InChI=1S/C26H31S.C10H16O4S/c1-3-5-10-22-14-18-25(19-15-22)27(24-12-8-7-9-13-24)26-20-16-23(17-21-26)11-6-4-2;1-9(2)7-3-4-10(9,8(11)5-7)6-15(12,13)14/h7-9,12-21H,3-6,10-11H2,1-2H3;7H,3-6H2,1-2H3,(H,12,13,14)/q+1;/p-1. The Kier molecular flexibility index (Phi) is 10.8. The van der Waals surface area contributed by atoms with Crippen molar-refractivity contribution in [3.05, 3.63) is 90.0 Å². The molecular weight excluding hydrogens is 561 g/mol. The molecule has 0 saturated heterocycles. The predicted octanol–water partition coefficient (Wildman–Crippen LogP) is 8.39. The van der Waals surface area contributed by atoms with Crippen LogP contribution in [0.2, 0.25) is 0 Å². The van der Waals surface area contributed by atoms with Crippen LogP contribution < -0.4 is 0 Å². The predicted molar refractivity (Wildman–Crippen MR) is 172 cm³/mol. The third-order valence-electron chi connectivity index (χ3n) is 9.50. The van der Waals surface area contributed by atoms with Gasteiger partial charge in [-0.3, -0.25) is 4.79 Å². The fourth-order valence-electron chi connectivity index (χ4n) is 6.72. The molecule has 226 valence electrons. The van der Waals surface area contributed by atoms with Crippen LogP contribution in [-0.2, 0) is 38.6 Å². The van der Waals surface area contributed by atoms with Gasteiger partial charge in [-0.05, 0) is 97.4 Å². The first-order chi connectivity index (χ1) is 20.0. The van der Waals surface area contributed by atoms with Gasteiger partial charge in [0.2, 0.25) is 0 Å².